The van der Waals surface area contributed by atoms with Gasteiger partial charge in [0.2, 0.25) is 5.91 Å². The molecule has 1 heterocycles. The Hall–Kier alpha value is -3.08. The van der Waals surface area contributed by atoms with Gasteiger partial charge < -0.3 is 15.5 Å². The van der Waals surface area contributed by atoms with Gasteiger partial charge in [-0.1, -0.05) is 48.5 Å². The van der Waals surface area contributed by atoms with Crippen LogP contribution < -0.4 is 10.6 Å². The smallest absolute Gasteiger partial charge is 0.221 e. The van der Waals surface area contributed by atoms with Gasteiger partial charge in [-0.05, 0) is 48.6 Å². The van der Waals surface area contributed by atoms with E-state index < -0.39 is 0 Å². The number of aliphatic imine (C=N–C) groups is 1. The summed E-state index contributed by atoms with van der Waals surface area (Å²) in [6.07, 6.45) is 4.21. The van der Waals surface area contributed by atoms with Crippen LogP contribution >= 0.6 is 0 Å². The maximum Gasteiger partial charge on any atom is 0.221 e. The summed E-state index contributed by atoms with van der Waals surface area (Å²) in [6.45, 7) is 7.05. The first-order chi connectivity index (χ1) is 14.2. The van der Waals surface area contributed by atoms with Gasteiger partial charge in [-0.3, -0.25) is 9.79 Å². The number of guanidine groups is 1. The minimum atomic E-state index is -0.0522. The molecule has 1 aliphatic heterocycles. The third-order valence-electron chi connectivity index (χ3n) is 4.92. The van der Waals surface area contributed by atoms with E-state index in [4.69, 9.17) is 4.99 Å². The van der Waals surface area contributed by atoms with Gasteiger partial charge in [-0.15, -0.1) is 0 Å². The van der Waals surface area contributed by atoms with Crippen molar-refractivity contribution in [1.29, 1.82) is 0 Å². The summed E-state index contributed by atoms with van der Waals surface area (Å²) in [4.78, 5) is 18.3. The Morgan fingerprint density at radius 1 is 1.10 bits per heavy atom. The Kier molecular flexibility index (Phi) is 7.45. The average molecular weight is 391 g/mol. The van der Waals surface area contributed by atoms with Crippen molar-refractivity contribution in [3.05, 3.63) is 71.8 Å². The molecule has 0 aliphatic carbocycles. The molecule has 29 heavy (non-hydrogen) atoms. The maximum atomic E-state index is 11.1. The van der Waals surface area contributed by atoms with Crippen molar-refractivity contribution in [2.24, 2.45) is 4.99 Å². The summed E-state index contributed by atoms with van der Waals surface area (Å²) in [7, 11) is 0. The molecular formula is C24H30N4O. The molecule has 0 spiro atoms. The zero-order valence-corrected chi connectivity index (χ0v) is 17.3. The average Bonchev–Trinajstić information content (AvgIpc) is 2.75. The molecule has 0 bridgehead atoms. The topological polar surface area (TPSA) is 56.7 Å². The van der Waals surface area contributed by atoms with Crippen LogP contribution in [0, 0.1) is 0 Å². The van der Waals surface area contributed by atoms with Crippen molar-refractivity contribution in [2.45, 2.75) is 26.7 Å². The minimum Gasteiger partial charge on any atom is -0.357 e. The lowest BCUT2D eigenvalue weighted by Gasteiger charge is -2.30. The number of hydrogen-bond acceptors (Lipinski definition) is 2. The van der Waals surface area contributed by atoms with Crippen LogP contribution in [0.1, 0.15) is 31.4 Å². The van der Waals surface area contributed by atoms with Crippen LogP contribution in [0.2, 0.25) is 0 Å². The van der Waals surface area contributed by atoms with Crippen LogP contribution in [0.4, 0.5) is 5.69 Å². The summed E-state index contributed by atoms with van der Waals surface area (Å²) in [6, 6.07) is 18.6. The Labute approximate surface area is 173 Å². The molecule has 0 aromatic heterocycles. The van der Waals surface area contributed by atoms with Crippen LogP contribution in [0.3, 0.4) is 0 Å². The molecule has 1 amide bonds. The van der Waals surface area contributed by atoms with Crippen LogP contribution in [-0.2, 0) is 11.2 Å². The van der Waals surface area contributed by atoms with Crippen molar-refractivity contribution in [1.82, 2.24) is 10.2 Å². The van der Waals surface area contributed by atoms with E-state index in [1.807, 2.05) is 24.3 Å². The molecule has 0 saturated carbocycles. The van der Waals surface area contributed by atoms with Gasteiger partial charge in [-0.25, -0.2) is 0 Å². The fourth-order valence-electron chi connectivity index (χ4n) is 3.45. The molecule has 152 valence electrons. The van der Waals surface area contributed by atoms with E-state index in [9.17, 15) is 4.79 Å². The minimum absolute atomic E-state index is 0.0522. The van der Waals surface area contributed by atoms with Crippen LogP contribution in [0.5, 0.6) is 0 Å². The lowest BCUT2D eigenvalue weighted by Crippen LogP contribution is -2.43. The van der Waals surface area contributed by atoms with E-state index in [2.05, 4.69) is 58.9 Å². The first-order valence-corrected chi connectivity index (χ1v) is 10.3. The molecule has 0 unspecified atom stereocenters. The number of nitrogens with zero attached hydrogens (tertiary/aromatic N) is 2. The van der Waals surface area contributed by atoms with Crippen molar-refractivity contribution < 1.29 is 4.79 Å². The molecule has 0 fully saturated rings. The van der Waals surface area contributed by atoms with Crippen molar-refractivity contribution >= 4 is 23.1 Å². The van der Waals surface area contributed by atoms with Gasteiger partial charge in [0.05, 0.1) is 0 Å². The Balaban J connectivity index is 1.57. The SMILES string of the molecule is CCNC(=NCCc1ccc(NC(C)=O)cc1)N1CC=C(c2ccccc2)CC1. The van der Waals surface area contributed by atoms with Crippen molar-refractivity contribution in [3.8, 4) is 0 Å². The van der Waals surface area contributed by atoms with E-state index in [-0.39, 0.29) is 5.91 Å². The molecule has 0 saturated heterocycles. The van der Waals surface area contributed by atoms with E-state index >= 15 is 0 Å². The zero-order chi connectivity index (χ0) is 20.5. The third-order valence-corrected chi connectivity index (χ3v) is 4.92. The van der Waals surface area contributed by atoms with Crippen LogP contribution in [0.15, 0.2) is 65.7 Å². The molecule has 2 N–H and O–H groups in total. The monoisotopic (exact) mass is 390 g/mol. The quantitative estimate of drug-likeness (QED) is 0.580. The molecule has 2 aromatic rings. The zero-order valence-electron chi connectivity index (χ0n) is 17.3. The molecular weight excluding hydrogens is 360 g/mol. The lowest BCUT2D eigenvalue weighted by atomic mass is 10.00. The number of rotatable bonds is 6. The van der Waals surface area contributed by atoms with E-state index in [0.717, 1.165) is 50.7 Å². The van der Waals surface area contributed by atoms with E-state index in [0.29, 0.717) is 0 Å². The standard InChI is InChI=1S/C24H30N4O/c1-3-25-24(26-16-13-20-9-11-23(12-10-20)27-19(2)29)28-17-14-22(15-18-28)21-7-5-4-6-8-21/h4-12,14H,3,13,15-18H2,1-2H3,(H,25,26)(H,27,29). The molecule has 1 aliphatic rings. The second kappa shape index (κ2) is 10.5. The molecule has 3 rings (SSSR count). The summed E-state index contributed by atoms with van der Waals surface area (Å²) in [5.74, 6) is 0.925. The fraction of sp³-hybridized carbons (Fsp3) is 0.333. The largest absolute Gasteiger partial charge is 0.357 e. The molecule has 5 nitrogen and oxygen atoms in total. The van der Waals surface area contributed by atoms with Crippen molar-refractivity contribution in [2.75, 3.05) is 31.5 Å². The third kappa shape index (κ3) is 6.21. The summed E-state index contributed by atoms with van der Waals surface area (Å²) in [5, 5.41) is 6.22. The summed E-state index contributed by atoms with van der Waals surface area (Å²) < 4.78 is 0. The lowest BCUT2D eigenvalue weighted by molar-refractivity contribution is -0.114. The highest BCUT2D eigenvalue weighted by Gasteiger charge is 2.15. The van der Waals surface area contributed by atoms with Gasteiger partial charge in [-0.2, -0.15) is 0 Å². The van der Waals surface area contributed by atoms with Crippen LogP contribution in [0.25, 0.3) is 5.57 Å². The summed E-state index contributed by atoms with van der Waals surface area (Å²) >= 11 is 0. The second-order valence-corrected chi connectivity index (χ2v) is 7.16. The van der Waals surface area contributed by atoms with Gasteiger partial charge in [0.25, 0.3) is 0 Å². The predicted molar refractivity (Wildman–Crippen MR) is 121 cm³/mol. The highest BCUT2D eigenvalue weighted by Crippen LogP contribution is 2.22. The number of anilines is 1. The number of carbonyl (C=O) groups excluding carboxylic acids is 1. The highest BCUT2D eigenvalue weighted by atomic mass is 16.1. The normalized spacial score (nSPS) is 14.3. The molecule has 0 radical (unpaired) electrons. The van der Waals surface area contributed by atoms with Gasteiger partial charge in [0.1, 0.15) is 0 Å². The van der Waals surface area contributed by atoms with Gasteiger partial charge in [0, 0.05) is 38.8 Å². The Bertz CT molecular complexity index is 856. The fourth-order valence-corrected chi connectivity index (χ4v) is 3.45. The van der Waals surface area contributed by atoms with Crippen molar-refractivity contribution in [3.63, 3.8) is 0 Å². The predicted octanol–water partition coefficient (Wildman–Crippen LogP) is 3.94. The molecule has 0 atom stereocenters. The van der Waals surface area contributed by atoms with E-state index in [1.54, 1.807) is 0 Å². The second-order valence-electron chi connectivity index (χ2n) is 7.16. The number of hydrogen-bond donors (Lipinski definition) is 2. The first-order valence-electron chi connectivity index (χ1n) is 10.3. The highest BCUT2D eigenvalue weighted by molar-refractivity contribution is 5.88. The molecule has 2 aromatic carbocycles. The van der Waals surface area contributed by atoms with Gasteiger partial charge >= 0.3 is 0 Å². The number of amides is 1. The van der Waals surface area contributed by atoms with E-state index in [1.165, 1.54) is 23.6 Å². The summed E-state index contributed by atoms with van der Waals surface area (Å²) in [5.41, 5.74) is 4.77. The Morgan fingerprint density at radius 3 is 2.48 bits per heavy atom. The maximum absolute atomic E-state index is 11.1. The molecule has 5 heteroatoms. The number of nitrogens with one attached hydrogen (secondary N) is 2. The number of carbonyl (C=O) groups is 1. The first kappa shape index (κ1) is 20.6. The Morgan fingerprint density at radius 2 is 1.86 bits per heavy atom. The van der Waals surface area contributed by atoms with Crippen LogP contribution in [-0.4, -0.2) is 42.9 Å². The number of benzene rings is 2. The van der Waals surface area contributed by atoms with Gasteiger partial charge in [0.15, 0.2) is 5.96 Å².